The molecule has 2 N–H and O–H groups in total. The third-order valence-electron chi connectivity index (χ3n) is 4.23. The Hall–Kier alpha value is -0.370. The Kier molecular flexibility index (Phi) is 5.65. The van der Waals surface area contributed by atoms with Crippen LogP contribution >= 0.6 is 0 Å². The maximum absolute atomic E-state index is 12.3. The number of hydrogen-bond acceptors (Lipinski definition) is 4. The Morgan fingerprint density at radius 1 is 0.800 bits per heavy atom. The molecule has 0 aromatic heterocycles. The van der Waals surface area contributed by atoms with Crippen LogP contribution in [0.5, 0.6) is 0 Å². The van der Waals surface area contributed by atoms with Crippen molar-refractivity contribution in [3.8, 4) is 0 Å². The SMILES string of the molecule is NC1CCN(CCN2CCN(CC(F)(F)F)CC2)CC1. The summed E-state index contributed by atoms with van der Waals surface area (Å²) in [5, 5.41) is 0. The first-order valence-electron chi connectivity index (χ1n) is 7.42. The molecule has 0 bridgehead atoms. The van der Waals surface area contributed by atoms with Gasteiger partial charge in [-0.05, 0) is 25.9 Å². The molecule has 0 spiro atoms. The normalized spacial score (nSPS) is 25.2. The minimum atomic E-state index is -4.07. The summed E-state index contributed by atoms with van der Waals surface area (Å²) in [7, 11) is 0. The van der Waals surface area contributed by atoms with Crippen LogP contribution in [0.15, 0.2) is 0 Å². The lowest BCUT2D eigenvalue weighted by Gasteiger charge is -2.37. The number of halogens is 3. The zero-order chi connectivity index (χ0) is 14.6. The average molecular weight is 294 g/mol. The molecule has 0 amide bonds. The van der Waals surface area contributed by atoms with Crippen LogP contribution in [-0.2, 0) is 0 Å². The molecule has 0 saturated carbocycles. The lowest BCUT2D eigenvalue weighted by molar-refractivity contribution is -0.149. The molecule has 2 aliphatic heterocycles. The smallest absolute Gasteiger partial charge is 0.328 e. The molecular weight excluding hydrogens is 269 g/mol. The van der Waals surface area contributed by atoms with E-state index in [0.29, 0.717) is 19.1 Å². The second kappa shape index (κ2) is 7.06. The van der Waals surface area contributed by atoms with Gasteiger partial charge in [-0.2, -0.15) is 13.2 Å². The summed E-state index contributed by atoms with van der Waals surface area (Å²) in [4.78, 5) is 6.17. The lowest BCUT2D eigenvalue weighted by Crippen LogP contribution is -2.51. The summed E-state index contributed by atoms with van der Waals surface area (Å²) in [6, 6.07) is 0.345. The van der Waals surface area contributed by atoms with E-state index in [-0.39, 0.29) is 0 Å². The van der Waals surface area contributed by atoms with Gasteiger partial charge in [0.05, 0.1) is 6.54 Å². The van der Waals surface area contributed by atoms with Gasteiger partial charge in [0, 0.05) is 45.3 Å². The van der Waals surface area contributed by atoms with Gasteiger partial charge in [0.15, 0.2) is 0 Å². The van der Waals surface area contributed by atoms with Crippen molar-refractivity contribution in [3.05, 3.63) is 0 Å². The monoisotopic (exact) mass is 294 g/mol. The fourth-order valence-electron chi connectivity index (χ4n) is 2.88. The summed E-state index contributed by atoms with van der Waals surface area (Å²) in [5.74, 6) is 0. The predicted molar refractivity (Wildman–Crippen MR) is 72.6 cm³/mol. The van der Waals surface area contributed by atoms with Crippen LogP contribution in [0, 0.1) is 0 Å². The van der Waals surface area contributed by atoms with E-state index in [9.17, 15) is 13.2 Å². The number of piperidine rings is 1. The number of nitrogens with two attached hydrogens (primary N) is 1. The molecule has 20 heavy (non-hydrogen) atoms. The molecule has 2 saturated heterocycles. The van der Waals surface area contributed by atoms with E-state index in [1.165, 1.54) is 4.90 Å². The average Bonchev–Trinajstić information content (AvgIpc) is 2.38. The number of hydrogen-bond donors (Lipinski definition) is 1. The maximum Gasteiger partial charge on any atom is 0.401 e. The molecule has 0 aromatic rings. The van der Waals surface area contributed by atoms with E-state index in [2.05, 4.69) is 9.80 Å². The predicted octanol–water partition coefficient (Wildman–Crippen LogP) is 0.589. The lowest BCUT2D eigenvalue weighted by atomic mass is 10.1. The Labute approximate surface area is 118 Å². The second-order valence-electron chi connectivity index (χ2n) is 5.91. The van der Waals surface area contributed by atoms with Gasteiger partial charge >= 0.3 is 6.18 Å². The minimum absolute atomic E-state index is 0.345. The van der Waals surface area contributed by atoms with E-state index in [1.54, 1.807) is 0 Å². The second-order valence-corrected chi connectivity index (χ2v) is 5.91. The molecule has 7 heteroatoms. The molecule has 2 fully saturated rings. The van der Waals surface area contributed by atoms with Gasteiger partial charge in [0.1, 0.15) is 0 Å². The molecular formula is C13H25F3N4. The fourth-order valence-corrected chi connectivity index (χ4v) is 2.88. The van der Waals surface area contributed by atoms with Crippen molar-refractivity contribution in [1.29, 1.82) is 0 Å². The van der Waals surface area contributed by atoms with Crippen LogP contribution in [-0.4, -0.2) is 85.8 Å². The Bertz CT molecular complexity index is 282. The molecule has 4 nitrogen and oxygen atoms in total. The summed E-state index contributed by atoms with van der Waals surface area (Å²) >= 11 is 0. The topological polar surface area (TPSA) is 35.7 Å². The van der Waals surface area contributed by atoms with E-state index in [1.807, 2.05) is 0 Å². The standard InChI is InChI=1S/C13H25F3N4/c14-13(15,16)11-20-9-7-19(8-10-20)6-5-18-3-1-12(17)2-4-18/h12H,1-11,17H2. The van der Waals surface area contributed by atoms with Crippen molar-refractivity contribution in [2.45, 2.75) is 25.1 Å². The van der Waals surface area contributed by atoms with Crippen molar-refractivity contribution in [3.63, 3.8) is 0 Å². The Morgan fingerprint density at radius 3 is 1.75 bits per heavy atom. The van der Waals surface area contributed by atoms with Crippen LogP contribution in [0.3, 0.4) is 0 Å². The Morgan fingerprint density at radius 2 is 1.25 bits per heavy atom. The molecule has 0 aliphatic carbocycles. The first kappa shape index (κ1) is 16.0. The fraction of sp³-hybridized carbons (Fsp3) is 1.00. The van der Waals surface area contributed by atoms with Crippen LogP contribution in [0.1, 0.15) is 12.8 Å². The van der Waals surface area contributed by atoms with Crippen LogP contribution in [0.25, 0.3) is 0 Å². The molecule has 0 atom stereocenters. The van der Waals surface area contributed by atoms with E-state index in [0.717, 1.165) is 52.1 Å². The molecule has 0 unspecified atom stereocenters. The summed E-state index contributed by atoms with van der Waals surface area (Å²) in [5.41, 5.74) is 5.87. The highest BCUT2D eigenvalue weighted by Crippen LogP contribution is 2.17. The quantitative estimate of drug-likeness (QED) is 0.823. The summed E-state index contributed by atoms with van der Waals surface area (Å²) < 4.78 is 36.9. The minimum Gasteiger partial charge on any atom is -0.328 e. The third-order valence-corrected chi connectivity index (χ3v) is 4.23. The van der Waals surface area contributed by atoms with Gasteiger partial charge in [0.25, 0.3) is 0 Å². The van der Waals surface area contributed by atoms with E-state index >= 15 is 0 Å². The van der Waals surface area contributed by atoms with Crippen LogP contribution in [0.4, 0.5) is 13.2 Å². The van der Waals surface area contributed by atoms with Gasteiger partial charge in [-0.1, -0.05) is 0 Å². The molecule has 2 rings (SSSR count). The van der Waals surface area contributed by atoms with Crippen molar-refractivity contribution in [1.82, 2.24) is 14.7 Å². The van der Waals surface area contributed by atoms with Crippen molar-refractivity contribution in [2.24, 2.45) is 5.73 Å². The van der Waals surface area contributed by atoms with Gasteiger partial charge < -0.3 is 10.6 Å². The van der Waals surface area contributed by atoms with E-state index < -0.39 is 12.7 Å². The number of likely N-dealkylation sites (tertiary alicyclic amines) is 1. The highest BCUT2D eigenvalue weighted by atomic mass is 19.4. The van der Waals surface area contributed by atoms with Gasteiger partial charge in [-0.3, -0.25) is 9.80 Å². The molecule has 0 aromatic carbocycles. The molecule has 118 valence electrons. The third kappa shape index (κ3) is 5.55. The first-order chi connectivity index (χ1) is 9.42. The summed E-state index contributed by atoms with van der Waals surface area (Å²) in [6.45, 7) is 5.80. The highest BCUT2D eigenvalue weighted by Gasteiger charge is 2.32. The number of nitrogens with zero attached hydrogens (tertiary/aromatic N) is 3. The Balaban J connectivity index is 1.60. The van der Waals surface area contributed by atoms with Crippen molar-refractivity contribution in [2.75, 3.05) is 58.9 Å². The zero-order valence-electron chi connectivity index (χ0n) is 11.9. The maximum atomic E-state index is 12.3. The number of alkyl halides is 3. The van der Waals surface area contributed by atoms with Crippen molar-refractivity contribution >= 4 is 0 Å². The largest absolute Gasteiger partial charge is 0.401 e. The number of piperazine rings is 1. The molecule has 2 heterocycles. The van der Waals surface area contributed by atoms with Crippen LogP contribution < -0.4 is 5.73 Å². The highest BCUT2D eigenvalue weighted by molar-refractivity contribution is 4.77. The van der Waals surface area contributed by atoms with Gasteiger partial charge in [-0.15, -0.1) is 0 Å². The summed E-state index contributed by atoms with van der Waals surface area (Å²) in [6.07, 6.45) is -1.96. The van der Waals surface area contributed by atoms with E-state index in [4.69, 9.17) is 5.73 Å². The molecule has 0 radical (unpaired) electrons. The molecule has 2 aliphatic rings. The van der Waals surface area contributed by atoms with Gasteiger partial charge in [0.2, 0.25) is 0 Å². The van der Waals surface area contributed by atoms with Crippen molar-refractivity contribution < 1.29 is 13.2 Å². The zero-order valence-corrected chi connectivity index (χ0v) is 11.9. The van der Waals surface area contributed by atoms with Gasteiger partial charge in [-0.25, -0.2) is 0 Å². The number of rotatable bonds is 4. The first-order valence-corrected chi connectivity index (χ1v) is 7.42. The van der Waals surface area contributed by atoms with Crippen LogP contribution in [0.2, 0.25) is 0 Å².